The first-order chi connectivity index (χ1) is 8.65. The molecule has 0 amide bonds. The molecule has 0 aromatic heterocycles. The highest BCUT2D eigenvalue weighted by atomic mass is 32.2. The third-order valence-corrected chi connectivity index (χ3v) is 4.08. The van der Waals surface area contributed by atoms with Crippen molar-refractivity contribution in [2.24, 2.45) is 0 Å². The highest BCUT2D eigenvalue weighted by Gasteiger charge is 2.26. The topological polar surface area (TPSA) is 110 Å². The highest BCUT2D eigenvalue weighted by molar-refractivity contribution is 7.89. The number of nitrogens with zero attached hydrogens (tertiary/aromatic N) is 1. The van der Waals surface area contributed by atoms with Crippen molar-refractivity contribution in [1.82, 2.24) is 4.72 Å². The van der Waals surface area contributed by atoms with Crippen molar-refractivity contribution >= 4 is 15.7 Å². The fourth-order valence-corrected chi connectivity index (χ4v) is 2.80. The zero-order valence-corrected chi connectivity index (χ0v) is 11.7. The van der Waals surface area contributed by atoms with Crippen LogP contribution in [0.5, 0.6) is 0 Å². The molecule has 1 aromatic carbocycles. The molecule has 1 rings (SSSR count). The van der Waals surface area contributed by atoms with Gasteiger partial charge in [0.15, 0.2) is 4.90 Å². The van der Waals surface area contributed by atoms with Crippen molar-refractivity contribution in [3.8, 4) is 0 Å². The lowest BCUT2D eigenvalue weighted by atomic mass is 10.1. The summed E-state index contributed by atoms with van der Waals surface area (Å²) in [4.78, 5) is 9.81. The Balaban J connectivity index is 3.32. The van der Waals surface area contributed by atoms with Gasteiger partial charge in [0.1, 0.15) is 0 Å². The molecular formula is C11H16N2O5S. The summed E-state index contributed by atoms with van der Waals surface area (Å²) >= 11 is 0. The van der Waals surface area contributed by atoms with Crippen molar-refractivity contribution < 1.29 is 18.4 Å². The van der Waals surface area contributed by atoms with Gasteiger partial charge in [-0.25, -0.2) is 13.1 Å². The maximum Gasteiger partial charge on any atom is 0.289 e. The predicted octanol–water partition coefficient (Wildman–Crippen LogP) is 0.871. The van der Waals surface area contributed by atoms with E-state index in [4.69, 9.17) is 5.11 Å². The Labute approximate surface area is 111 Å². The molecule has 0 bridgehead atoms. The van der Waals surface area contributed by atoms with Gasteiger partial charge in [0.25, 0.3) is 5.69 Å². The lowest BCUT2D eigenvalue weighted by molar-refractivity contribution is -0.387. The van der Waals surface area contributed by atoms with E-state index in [0.717, 1.165) is 0 Å². The van der Waals surface area contributed by atoms with Crippen LogP contribution in [0, 0.1) is 24.0 Å². The minimum absolute atomic E-state index is 0.202. The fraction of sp³-hybridized carbons (Fsp3) is 0.455. The standard InChI is InChI=1S/C11H16N2O5S/c1-7-4-10(13(15)16)11(5-8(7)2)19(17,18)12-6-9(3)14/h4-5,9,12,14H,6H2,1-3H3/t9-/m1/s1. The normalized spacial score (nSPS) is 13.3. The largest absolute Gasteiger partial charge is 0.392 e. The quantitative estimate of drug-likeness (QED) is 0.617. The molecule has 0 aliphatic rings. The average molecular weight is 288 g/mol. The minimum atomic E-state index is -4.02. The molecule has 0 unspecified atom stereocenters. The van der Waals surface area contributed by atoms with Gasteiger partial charge < -0.3 is 5.11 Å². The van der Waals surface area contributed by atoms with Gasteiger partial charge in [-0.3, -0.25) is 10.1 Å². The van der Waals surface area contributed by atoms with Crippen LogP contribution in [0.3, 0.4) is 0 Å². The lowest BCUT2D eigenvalue weighted by Crippen LogP contribution is -2.31. The van der Waals surface area contributed by atoms with Crippen LogP contribution in [-0.4, -0.2) is 31.1 Å². The highest BCUT2D eigenvalue weighted by Crippen LogP contribution is 2.27. The molecule has 1 atom stereocenters. The first-order valence-corrected chi connectivity index (χ1v) is 7.07. The van der Waals surface area contributed by atoms with Crippen LogP contribution < -0.4 is 4.72 Å². The molecule has 1 aromatic rings. The number of benzene rings is 1. The third kappa shape index (κ3) is 3.72. The summed E-state index contributed by atoms with van der Waals surface area (Å²) < 4.78 is 26.1. The molecule has 0 aliphatic heterocycles. The number of aryl methyl sites for hydroxylation is 2. The number of hydrogen-bond acceptors (Lipinski definition) is 5. The number of hydrogen-bond donors (Lipinski definition) is 2. The molecule has 7 nitrogen and oxygen atoms in total. The second-order valence-corrected chi connectivity index (χ2v) is 6.10. The number of nitro groups is 1. The molecule has 0 aliphatic carbocycles. The van der Waals surface area contributed by atoms with E-state index in [1.165, 1.54) is 19.1 Å². The molecule has 0 spiro atoms. The van der Waals surface area contributed by atoms with Crippen LogP contribution in [-0.2, 0) is 10.0 Å². The van der Waals surface area contributed by atoms with Crippen molar-refractivity contribution in [2.75, 3.05) is 6.54 Å². The third-order valence-electron chi connectivity index (χ3n) is 2.63. The molecule has 2 N–H and O–H groups in total. The van der Waals surface area contributed by atoms with E-state index in [1.54, 1.807) is 13.8 Å². The van der Waals surface area contributed by atoms with Crippen molar-refractivity contribution in [3.05, 3.63) is 33.4 Å². The van der Waals surface area contributed by atoms with Gasteiger partial charge in [-0.1, -0.05) is 0 Å². The van der Waals surface area contributed by atoms with Crippen LogP contribution in [0.15, 0.2) is 17.0 Å². The first kappa shape index (κ1) is 15.5. The SMILES string of the molecule is Cc1cc([N+](=O)[O-])c(S(=O)(=O)NC[C@@H](C)O)cc1C. The summed E-state index contributed by atoms with van der Waals surface area (Å²) in [5.74, 6) is 0. The number of rotatable bonds is 5. The lowest BCUT2D eigenvalue weighted by Gasteiger charge is -2.10. The Morgan fingerprint density at radius 3 is 2.37 bits per heavy atom. The maximum atomic E-state index is 12.0. The Morgan fingerprint density at radius 2 is 1.89 bits per heavy atom. The van der Waals surface area contributed by atoms with Gasteiger partial charge in [0.2, 0.25) is 10.0 Å². The van der Waals surface area contributed by atoms with Crippen LogP contribution in [0.25, 0.3) is 0 Å². The number of sulfonamides is 1. The second kappa shape index (κ2) is 5.64. The zero-order chi connectivity index (χ0) is 14.8. The Bertz CT molecular complexity index is 595. The molecule has 19 heavy (non-hydrogen) atoms. The Hall–Kier alpha value is -1.51. The molecule has 0 saturated carbocycles. The fourth-order valence-electron chi connectivity index (χ4n) is 1.44. The monoisotopic (exact) mass is 288 g/mol. The van der Waals surface area contributed by atoms with E-state index < -0.39 is 26.7 Å². The van der Waals surface area contributed by atoms with Crippen molar-refractivity contribution in [3.63, 3.8) is 0 Å². The second-order valence-electron chi connectivity index (χ2n) is 4.36. The van der Waals surface area contributed by atoms with Gasteiger partial charge >= 0.3 is 0 Å². The predicted molar refractivity (Wildman–Crippen MR) is 69.4 cm³/mol. The van der Waals surface area contributed by atoms with E-state index in [2.05, 4.69) is 4.72 Å². The molecule has 0 fully saturated rings. The summed E-state index contributed by atoms with van der Waals surface area (Å²) in [6.07, 6.45) is -0.875. The van der Waals surface area contributed by atoms with Crippen LogP contribution >= 0.6 is 0 Å². The van der Waals surface area contributed by atoms with E-state index in [0.29, 0.717) is 11.1 Å². The van der Waals surface area contributed by atoms with Gasteiger partial charge in [-0.2, -0.15) is 0 Å². The summed E-state index contributed by atoms with van der Waals surface area (Å²) in [6.45, 7) is 4.55. The number of aliphatic hydroxyl groups excluding tert-OH is 1. The van der Waals surface area contributed by atoms with Gasteiger partial charge in [0, 0.05) is 12.6 Å². The summed E-state index contributed by atoms with van der Waals surface area (Å²) in [5, 5.41) is 20.0. The van der Waals surface area contributed by atoms with Crippen LogP contribution in [0.2, 0.25) is 0 Å². The number of nitro benzene ring substituents is 1. The molecule has 106 valence electrons. The summed E-state index contributed by atoms with van der Waals surface area (Å²) in [6, 6.07) is 2.49. The smallest absolute Gasteiger partial charge is 0.289 e. The molecule has 0 saturated heterocycles. The molecule has 0 heterocycles. The summed E-state index contributed by atoms with van der Waals surface area (Å²) in [7, 11) is -4.02. The Morgan fingerprint density at radius 1 is 1.37 bits per heavy atom. The van der Waals surface area contributed by atoms with Gasteiger partial charge in [0.05, 0.1) is 11.0 Å². The van der Waals surface area contributed by atoms with E-state index in [-0.39, 0.29) is 11.4 Å². The zero-order valence-electron chi connectivity index (χ0n) is 10.9. The molecular weight excluding hydrogens is 272 g/mol. The van der Waals surface area contributed by atoms with E-state index in [9.17, 15) is 18.5 Å². The van der Waals surface area contributed by atoms with E-state index >= 15 is 0 Å². The molecule has 8 heteroatoms. The number of nitrogens with one attached hydrogen (secondary N) is 1. The minimum Gasteiger partial charge on any atom is -0.392 e. The van der Waals surface area contributed by atoms with E-state index in [1.807, 2.05) is 0 Å². The summed E-state index contributed by atoms with van der Waals surface area (Å²) in [5.41, 5.74) is 0.811. The maximum absolute atomic E-state index is 12.0. The first-order valence-electron chi connectivity index (χ1n) is 5.58. The average Bonchev–Trinajstić information content (AvgIpc) is 2.29. The van der Waals surface area contributed by atoms with Gasteiger partial charge in [-0.15, -0.1) is 0 Å². The van der Waals surface area contributed by atoms with Crippen molar-refractivity contribution in [1.29, 1.82) is 0 Å². The van der Waals surface area contributed by atoms with Crippen molar-refractivity contribution in [2.45, 2.75) is 31.8 Å². The van der Waals surface area contributed by atoms with Crippen LogP contribution in [0.4, 0.5) is 5.69 Å². The molecule has 0 radical (unpaired) electrons. The van der Waals surface area contributed by atoms with Crippen LogP contribution in [0.1, 0.15) is 18.1 Å². The van der Waals surface area contributed by atoms with Gasteiger partial charge in [-0.05, 0) is 38.0 Å². The Kier molecular flexibility index (Phi) is 4.61. The number of aliphatic hydroxyl groups is 1.